The predicted molar refractivity (Wildman–Crippen MR) is 126 cm³/mol. The summed E-state index contributed by atoms with van der Waals surface area (Å²) in [7, 11) is 1.52. The first kappa shape index (κ1) is 23.9. The number of alkyl halides is 3. The second-order valence-electron chi connectivity index (χ2n) is 8.32. The van der Waals surface area contributed by atoms with E-state index in [-0.39, 0.29) is 17.1 Å². The van der Waals surface area contributed by atoms with Gasteiger partial charge >= 0.3 is 6.18 Å². The van der Waals surface area contributed by atoms with E-state index in [4.69, 9.17) is 16.3 Å². The van der Waals surface area contributed by atoms with Crippen molar-refractivity contribution in [3.8, 4) is 34.0 Å². The first-order valence-electron chi connectivity index (χ1n) is 10.4. The Labute approximate surface area is 200 Å². The minimum Gasteiger partial charge on any atom is -0.496 e. The molecular formula is C26H22ClF3N2O2. The number of nitrogens with zero attached hydrogens (tertiary/aromatic N) is 2. The average Bonchev–Trinajstić information content (AvgIpc) is 3.24. The molecule has 1 N–H and O–H groups in total. The molecule has 4 aromatic rings. The minimum atomic E-state index is -4.57. The van der Waals surface area contributed by atoms with E-state index in [0.717, 1.165) is 17.2 Å². The molecule has 0 saturated carbocycles. The normalized spacial score (nSPS) is 12.1. The third kappa shape index (κ3) is 4.67. The highest BCUT2D eigenvalue weighted by Gasteiger charge is 2.35. The second kappa shape index (κ2) is 8.81. The molecule has 1 aromatic heterocycles. The van der Waals surface area contributed by atoms with Gasteiger partial charge < -0.3 is 9.84 Å². The molecule has 0 amide bonds. The average molecular weight is 487 g/mol. The summed E-state index contributed by atoms with van der Waals surface area (Å²) in [5, 5.41) is 11.1. The molecule has 1 heterocycles. The van der Waals surface area contributed by atoms with E-state index in [2.05, 4.69) is 4.98 Å². The summed E-state index contributed by atoms with van der Waals surface area (Å²) >= 11 is 6.13. The van der Waals surface area contributed by atoms with Gasteiger partial charge in [-0.25, -0.2) is 4.98 Å². The molecule has 0 radical (unpaired) electrons. The van der Waals surface area contributed by atoms with E-state index in [9.17, 15) is 18.3 Å². The van der Waals surface area contributed by atoms with Gasteiger partial charge in [0.15, 0.2) is 0 Å². The molecule has 0 unspecified atom stereocenters. The molecule has 34 heavy (non-hydrogen) atoms. The van der Waals surface area contributed by atoms with Crippen LogP contribution in [0.4, 0.5) is 13.2 Å². The minimum absolute atomic E-state index is 0.0580. The van der Waals surface area contributed by atoms with Gasteiger partial charge in [-0.05, 0) is 49.7 Å². The van der Waals surface area contributed by atoms with Crippen molar-refractivity contribution in [2.24, 2.45) is 0 Å². The van der Waals surface area contributed by atoms with Gasteiger partial charge in [0.05, 0.1) is 24.1 Å². The van der Waals surface area contributed by atoms with Crippen LogP contribution in [0, 0.1) is 0 Å². The van der Waals surface area contributed by atoms with E-state index in [1.807, 2.05) is 18.2 Å². The van der Waals surface area contributed by atoms with Crippen molar-refractivity contribution < 1.29 is 23.0 Å². The molecule has 0 bridgehead atoms. The lowest BCUT2D eigenvalue weighted by Gasteiger charge is -2.16. The van der Waals surface area contributed by atoms with E-state index in [1.165, 1.54) is 49.9 Å². The summed E-state index contributed by atoms with van der Waals surface area (Å²) in [4.78, 5) is 4.40. The maximum Gasteiger partial charge on any atom is 0.417 e. The van der Waals surface area contributed by atoms with E-state index >= 15 is 0 Å². The van der Waals surface area contributed by atoms with Crippen LogP contribution in [-0.4, -0.2) is 21.8 Å². The van der Waals surface area contributed by atoms with Gasteiger partial charge in [0.2, 0.25) is 0 Å². The van der Waals surface area contributed by atoms with Gasteiger partial charge in [0, 0.05) is 28.4 Å². The van der Waals surface area contributed by atoms with Crippen LogP contribution >= 0.6 is 11.6 Å². The quantitative estimate of drug-likeness (QED) is 0.327. The van der Waals surface area contributed by atoms with Gasteiger partial charge in [-0.1, -0.05) is 41.9 Å². The molecule has 0 fully saturated rings. The summed E-state index contributed by atoms with van der Waals surface area (Å²) in [6, 6.07) is 17.8. The maximum atomic E-state index is 13.8. The molecule has 0 aliphatic carbocycles. The fourth-order valence-electron chi connectivity index (χ4n) is 3.71. The number of halogens is 4. The van der Waals surface area contributed by atoms with Crippen LogP contribution in [0.3, 0.4) is 0 Å². The number of aromatic nitrogens is 2. The molecular weight excluding hydrogens is 465 g/mol. The summed E-state index contributed by atoms with van der Waals surface area (Å²) in [5.41, 5.74) is 0.0954. The topological polar surface area (TPSA) is 47.3 Å². The second-order valence-corrected chi connectivity index (χ2v) is 8.75. The molecule has 176 valence electrons. The summed E-state index contributed by atoms with van der Waals surface area (Å²) in [6.45, 7) is 3.06. The number of aliphatic hydroxyl groups is 1. The van der Waals surface area contributed by atoms with Gasteiger partial charge in [-0.2, -0.15) is 13.2 Å². The molecule has 0 aliphatic rings. The lowest BCUT2D eigenvalue weighted by atomic mass is 10.0. The number of benzene rings is 3. The Morgan fingerprint density at radius 1 is 0.941 bits per heavy atom. The summed E-state index contributed by atoms with van der Waals surface area (Å²) in [5.74, 6) is 0.566. The maximum absolute atomic E-state index is 13.8. The van der Waals surface area contributed by atoms with Crippen LogP contribution in [0.5, 0.6) is 5.75 Å². The molecule has 8 heteroatoms. The zero-order valence-electron chi connectivity index (χ0n) is 18.7. The third-order valence-corrected chi connectivity index (χ3v) is 5.64. The fourth-order valence-corrected chi connectivity index (χ4v) is 3.90. The SMILES string of the molecule is COc1cc(-n2cc(C(C)(C)O)nc2-c2ccccc2C(F)(F)F)ccc1-c1cccc(Cl)c1. The lowest BCUT2D eigenvalue weighted by molar-refractivity contribution is -0.137. The number of hydrogen-bond donors (Lipinski definition) is 1. The Hall–Kier alpha value is -3.29. The molecule has 4 nitrogen and oxygen atoms in total. The van der Waals surface area contributed by atoms with Crippen molar-refractivity contribution in [1.82, 2.24) is 9.55 Å². The third-order valence-electron chi connectivity index (χ3n) is 5.41. The highest BCUT2D eigenvalue weighted by molar-refractivity contribution is 6.30. The smallest absolute Gasteiger partial charge is 0.417 e. The van der Waals surface area contributed by atoms with Crippen molar-refractivity contribution in [3.05, 3.63) is 89.2 Å². The Kier molecular flexibility index (Phi) is 6.18. The summed E-state index contributed by atoms with van der Waals surface area (Å²) in [6.07, 6.45) is -3.04. The first-order chi connectivity index (χ1) is 16.0. The predicted octanol–water partition coefficient (Wildman–Crippen LogP) is 7.11. The van der Waals surface area contributed by atoms with E-state index in [1.54, 1.807) is 24.3 Å². The Morgan fingerprint density at radius 3 is 2.32 bits per heavy atom. The van der Waals surface area contributed by atoms with Crippen LogP contribution < -0.4 is 4.74 Å². The fraction of sp³-hybridized carbons (Fsp3) is 0.192. The number of rotatable bonds is 5. The van der Waals surface area contributed by atoms with Crippen LogP contribution in [0.1, 0.15) is 25.1 Å². The molecule has 0 spiro atoms. The van der Waals surface area contributed by atoms with Crippen molar-refractivity contribution >= 4 is 11.6 Å². The number of methoxy groups -OCH3 is 1. The first-order valence-corrected chi connectivity index (χ1v) is 10.8. The van der Waals surface area contributed by atoms with Crippen LogP contribution in [0.15, 0.2) is 72.9 Å². The Morgan fingerprint density at radius 2 is 1.68 bits per heavy atom. The number of hydrogen-bond acceptors (Lipinski definition) is 3. The summed E-state index contributed by atoms with van der Waals surface area (Å²) < 4.78 is 48.5. The molecule has 0 atom stereocenters. The monoisotopic (exact) mass is 486 g/mol. The zero-order valence-corrected chi connectivity index (χ0v) is 19.4. The van der Waals surface area contributed by atoms with E-state index in [0.29, 0.717) is 16.5 Å². The van der Waals surface area contributed by atoms with Crippen LogP contribution in [-0.2, 0) is 11.8 Å². The zero-order chi connectivity index (χ0) is 24.7. The largest absolute Gasteiger partial charge is 0.496 e. The molecule has 0 saturated heterocycles. The van der Waals surface area contributed by atoms with Gasteiger partial charge in [0.1, 0.15) is 17.2 Å². The lowest BCUT2D eigenvalue weighted by Crippen LogP contribution is -2.15. The van der Waals surface area contributed by atoms with Crippen molar-refractivity contribution in [3.63, 3.8) is 0 Å². The van der Waals surface area contributed by atoms with Crippen molar-refractivity contribution in [1.29, 1.82) is 0 Å². The van der Waals surface area contributed by atoms with Crippen molar-refractivity contribution in [2.45, 2.75) is 25.6 Å². The van der Waals surface area contributed by atoms with Crippen LogP contribution in [0.2, 0.25) is 5.02 Å². The van der Waals surface area contributed by atoms with Gasteiger partial charge in [-0.3, -0.25) is 4.57 Å². The Bertz CT molecular complexity index is 1340. The highest BCUT2D eigenvalue weighted by Crippen LogP contribution is 2.39. The van der Waals surface area contributed by atoms with E-state index < -0.39 is 17.3 Å². The molecule has 3 aromatic carbocycles. The van der Waals surface area contributed by atoms with Crippen LogP contribution in [0.25, 0.3) is 28.2 Å². The highest BCUT2D eigenvalue weighted by atomic mass is 35.5. The van der Waals surface area contributed by atoms with Gasteiger partial charge in [-0.15, -0.1) is 0 Å². The molecule has 4 rings (SSSR count). The Balaban J connectivity index is 1.93. The van der Waals surface area contributed by atoms with Crippen molar-refractivity contribution in [2.75, 3.05) is 7.11 Å². The molecule has 0 aliphatic heterocycles. The standard InChI is InChI=1S/C26H22ClF3N2O2/c1-25(2,33)23-15-32(24(31-23)20-9-4-5-10-21(20)26(28,29)30)18-11-12-19(22(14-18)34-3)16-7-6-8-17(27)13-16/h4-15,33H,1-3H3. The number of imidazole rings is 1. The van der Waals surface area contributed by atoms with Gasteiger partial charge in [0.25, 0.3) is 0 Å². The number of ether oxygens (including phenoxy) is 1.